The van der Waals surface area contributed by atoms with E-state index >= 15 is 0 Å². The summed E-state index contributed by atoms with van der Waals surface area (Å²) in [5.74, 6) is 0. The van der Waals surface area contributed by atoms with Crippen LogP contribution in [0.5, 0.6) is 0 Å². The lowest BCUT2D eigenvalue weighted by Crippen LogP contribution is -2.48. The van der Waals surface area contributed by atoms with E-state index in [0.717, 1.165) is 12.8 Å². The number of benzene rings is 1. The Hall–Kier alpha value is -1.60. The summed E-state index contributed by atoms with van der Waals surface area (Å²) in [7, 11) is -3.35. The van der Waals surface area contributed by atoms with E-state index in [0.29, 0.717) is 18.5 Å². The van der Waals surface area contributed by atoms with Crippen LogP contribution < -0.4 is 10.6 Å². The topological polar surface area (TPSA) is 95.5 Å². The number of urea groups is 1. The summed E-state index contributed by atoms with van der Waals surface area (Å²) in [6.07, 6.45) is 3.28. The van der Waals surface area contributed by atoms with Crippen LogP contribution in [0.3, 0.4) is 0 Å². The summed E-state index contributed by atoms with van der Waals surface area (Å²) >= 11 is 0. The Morgan fingerprint density at radius 3 is 2.50 bits per heavy atom. The molecule has 0 radical (unpaired) electrons. The minimum Gasteiger partial charge on any atom is -0.388 e. The lowest BCUT2D eigenvalue weighted by atomic mass is 10.0. The molecule has 2 rings (SSSR count). The Balaban J connectivity index is 2.09. The molecule has 1 fully saturated rings. The summed E-state index contributed by atoms with van der Waals surface area (Å²) in [5, 5.41) is 14.8. The molecule has 1 saturated carbocycles. The van der Waals surface area contributed by atoms with E-state index in [4.69, 9.17) is 0 Å². The monoisotopic (exact) mass is 354 g/mol. The molecule has 1 unspecified atom stereocenters. The van der Waals surface area contributed by atoms with Crippen molar-refractivity contribution < 1.29 is 18.3 Å². The molecule has 0 saturated heterocycles. The van der Waals surface area contributed by atoms with Gasteiger partial charge in [-0.25, -0.2) is 13.2 Å². The predicted molar refractivity (Wildman–Crippen MR) is 93.8 cm³/mol. The number of rotatable bonds is 5. The zero-order valence-electron chi connectivity index (χ0n) is 14.4. The quantitative estimate of drug-likeness (QED) is 0.757. The van der Waals surface area contributed by atoms with Crippen LogP contribution in [-0.2, 0) is 9.84 Å². The van der Waals surface area contributed by atoms with E-state index in [1.807, 2.05) is 0 Å². The Labute approximate surface area is 143 Å². The van der Waals surface area contributed by atoms with Crippen molar-refractivity contribution in [2.45, 2.75) is 68.2 Å². The van der Waals surface area contributed by atoms with Gasteiger partial charge in [0.2, 0.25) is 0 Å². The van der Waals surface area contributed by atoms with Gasteiger partial charge in [-0.05, 0) is 51.8 Å². The van der Waals surface area contributed by atoms with Gasteiger partial charge in [0.15, 0.2) is 9.84 Å². The van der Waals surface area contributed by atoms with Crippen LogP contribution in [0.2, 0.25) is 0 Å². The first-order valence-electron chi connectivity index (χ1n) is 8.24. The molecule has 6 nitrogen and oxygen atoms in total. The van der Waals surface area contributed by atoms with Gasteiger partial charge in [0.25, 0.3) is 0 Å². The van der Waals surface area contributed by atoms with Crippen molar-refractivity contribution in [1.82, 2.24) is 5.32 Å². The summed E-state index contributed by atoms with van der Waals surface area (Å²) in [6, 6.07) is 5.37. The van der Waals surface area contributed by atoms with Crippen molar-refractivity contribution in [1.29, 1.82) is 0 Å². The van der Waals surface area contributed by atoms with Crippen molar-refractivity contribution >= 4 is 21.6 Å². The normalized spacial score (nSPS) is 17.5. The van der Waals surface area contributed by atoms with Gasteiger partial charge in [0.1, 0.15) is 0 Å². The van der Waals surface area contributed by atoms with Gasteiger partial charge in [0, 0.05) is 5.69 Å². The van der Waals surface area contributed by atoms with E-state index in [1.54, 1.807) is 39.0 Å². The molecule has 1 aliphatic carbocycles. The second-order valence-electron chi connectivity index (χ2n) is 6.95. The molecule has 0 bridgehead atoms. The lowest BCUT2D eigenvalue weighted by Gasteiger charge is -2.26. The smallest absolute Gasteiger partial charge is 0.319 e. The van der Waals surface area contributed by atoms with Crippen LogP contribution in [0.15, 0.2) is 29.2 Å². The largest absolute Gasteiger partial charge is 0.388 e. The minimum atomic E-state index is -3.35. The molecule has 1 atom stereocenters. The zero-order chi connectivity index (χ0) is 18.0. The Morgan fingerprint density at radius 2 is 1.92 bits per heavy atom. The molecule has 0 spiro atoms. The lowest BCUT2D eigenvalue weighted by molar-refractivity contribution is 0.0486. The maximum atomic E-state index is 12.6. The first kappa shape index (κ1) is 18.7. The highest BCUT2D eigenvalue weighted by Gasteiger charge is 2.30. The molecule has 134 valence electrons. The van der Waals surface area contributed by atoms with Crippen LogP contribution in [0, 0.1) is 0 Å². The molecule has 1 aromatic rings. The molecular formula is C17H26N2O4S. The van der Waals surface area contributed by atoms with Gasteiger partial charge in [-0.2, -0.15) is 0 Å². The van der Waals surface area contributed by atoms with Gasteiger partial charge in [0.05, 0.1) is 21.8 Å². The van der Waals surface area contributed by atoms with Gasteiger partial charge in [-0.3, -0.25) is 0 Å². The molecule has 0 heterocycles. The average molecular weight is 354 g/mol. The third-order valence-electron chi connectivity index (χ3n) is 4.57. The first-order chi connectivity index (χ1) is 11.1. The van der Waals surface area contributed by atoms with Crippen LogP contribution in [0.25, 0.3) is 0 Å². The molecule has 0 aromatic heterocycles. The Bertz CT molecular complexity index is 689. The fourth-order valence-corrected chi connectivity index (χ4v) is 4.58. The summed E-state index contributed by atoms with van der Waals surface area (Å²) < 4.78 is 25.2. The van der Waals surface area contributed by atoms with Crippen molar-refractivity contribution in [2.75, 3.05) is 5.32 Å². The van der Waals surface area contributed by atoms with Gasteiger partial charge in [-0.15, -0.1) is 0 Å². The molecule has 24 heavy (non-hydrogen) atoms. The zero-order valence-corrected chi connectivity index (χ0v) is 15.2. The van der Waals surface area contributed by atoms with Crippen LogP contribution >= 0.6 is 0 Å². The standard InChI is InChI=1S/C17H26N2O4S/c1-12(17(2,3)21)18-16(20)19-13-7-6-10-15(11-13)24(22,23)14-8-4-5-9-14/h6-7,10-12,14,21H,4-5,8-9H2,1-3H3,(H2,18,19,20). The number of anilines is 1. The van der Waals surface area contributed by atoms with Crippen LogP contribution in [0.1, 0.15) is 46.5 Å². The summed E-state index contributed by atoms with van der Waals surface area (Å²) in [4.78, 5) is 12.2. The number of nitrogens with one attached hydrogen (secondary N) is 2. The van der Waals surface area contributed by atoms with Crippen LogP contribution in [0.4, 0.5) is 10.5 Å². The molecule has 7 heteroatoms. The predicted octanol–water partition coefficient (Wildman–Crippen LogP) is 2.68. The molecular weight excluding hydrogens is 328 g/mol. The summed E-state index contributed by atoms with van der Waals surface area (Å²) in [6.45, 7) is 4.90. The van der Waals surface area contributed by atoms with E-state index in [-0.39, 0.29) is 10.1 Å². The number of carbonyl (C=O) groups is 1. The van der Waals surface area contributed by atoms with Crippen molar-refractivity contribution in [3.05, 3.63) is 24.3 Å². The minimum absolute atomic E-state index is 0.239. The maximum absolute atomic E-state index is 12.6. The van der Waals surface area contributed by atoms with Gasteiger partial charge < -0.3 is 15.7 Å². The number of sulfone groups is 1. The van der Waals surface area contributed by atoms with Crippen molar-refractivity contribution in [3.63, 3.8) is 0 Å². The van der Waals surface area contributed by atoms with E-state index < -0.39 is 27.5 Å². The highest BCUT2D eigenvalue weighted by atomic mass is 32.2. The SMILES string of the molecule is CC(NC(=O)Nc1cccc(S(=O)(=O)C2CCCC2)c1)C(C)(C)O. The maximum Gasteiger partial charge on any atom is 0.319 e. The van der Waals surface area contributed by atoms with Crippen molar-refractivity contribution in [2.24, 2.45) is 0 Å². The van der Waals surface area contributed by atoms with Gasteiger partial charge in [-0.1, -0.05) is 18.9 Å². The molecule has 1 aromatic carbocycles. The van der Waals surface area contributed by atoms with E-state index in [1.165, 1.54) is 6.07 Å². The third-order valence-corrected chi connectivity index (χ3v) is 6.83. The highest BCUT2D eigenvalue weighted by molar-refractivity contribution is 7.92. The number of amides is 2. The number of hydrogen-bond acceptors (Lipinski definition) is 4. The third kappa shape index (κ3) is 4.48. The highest BCUT2D eigenvalue weighted by Crippen LogP contribution is 2.30. The van der Waals surface area contributed by atoms with Crippen molar-refractivity contribution in [3.8, 4) is 0 Å². The van der Waals surface area contributed by atoms with E-state index in [2.05, 4.69) is 10.6 Å². The summed E-state index contributed by atoms with van der Waals surface area (Å²) in [5.41, 5.74) is -0.639. The number of carbonyl (C=O) groups excluding carboxylic acids is 1. The second-order valence-corrected chi connectivity index (χ2v) is 9.18. The van der Waals surface area contributed by atoms with Crippen LogP contribution in [-0.4, -0.2) is 36.4 Å². The fraction of sp³-hybridized carbons (Fsp3) is 0.588. The molecule has 0 aliphatic heterocycles. The molecule has 3 N–H and O–H groups in total. The molecule has 2 amide bonds. The fourth-order valence-electron chi connectivity index (χ4n) is 2.68. The first-order valence-corrected chi connectivity index (χ1v) is 9.79. The Morgan fingerprint density at radius 1 is 1.29 bits per heavy atom. The number of aliphatic hydroxyl groups is 1. The number of hydrogen-bond donors (Lipinski definition) is 3. The Kier molecular flexibility index (Phi) is 5.55. The molecule has 1 aliphatic rings. The van der Waals surface area contributed by atoms with Gasteiger partial charge >= 0.3 is 6.03 Å². The van der Waals surface area contributed by atoms with E-state index in [9.17, 15) is 18.3 Å². The average Bonchev–Trinajstić information content (AvgIpc) is 3.01. The second kappa shape index (κ2) is 7.11.